The summed E-state index contributed by atoms with van der Waals surface area (Å²) in [5, 5.41) is 15.2. The third-order valence-electron chi connectivity index (χ3n) is 6.26. The number of anilines is 1. The van der Waals surface area contributed by atoms with Gasteiger partial charge in [-0.05, 0) is 43.4 Å². The van der Waals surface area contributed by atoms with E-state index in [0.717, 1.165) is 54.0 Å². The minimum atomic E-state index is -0.462. The van der Waals surface area contributed by atoms with E-state index in [9.17, 15) is 5.11 Å². The number of imidazole rings is 1. The number of aromatic amines is 1. The van der Waals surface area contributed by atoms with Gasteiger partial charge in [0.15, 0.2) is 0 Å². The van der Waals surface area contributed by atoms with Crippen molar-refractivity contribution in [2.75, 3.05) is 11.4 Å². The highest BCUT2D eigenvalue weighted by Crippen LogP contribution is 2.41. The van der Waals surface area contributed by atoms with Gasteiger partial charge in [-0.15, -0.1) is 0 Å². The molecule has 0 amide bonds. The molecule has 0 aromatic carbocycles. The summed E-state index contributed by atoms with van der Waals surface area (Å²) in [6.45, 7) is 2.85. The number of aliphatic hydroxyl groups excluding tert-OH is 1. The standard InChI is InChI=1S/C22H23N7O/c1-13-3-2-7-29-18(13)9-17(27-29)20-19-16(25-12-26-19)6-8-28(20)22-23-10-15(11-24-22)21(30)14-4-5-14/h2-3,7,9-12,14,20-21,30H,4-6,8H2,1H3,(H,25,26)/t20-,21?/m1/s1. The van der Waals surface area contributed by atoms with Gasteiger partial charge in [-0.25, -0.2) is 19.5 Å². The van der Waals surface area contributed by atoms with Gasteiger partial charge in [0, 0.05) is 42.8 Å². The molecule has 8 heteroatoms. The van der Waals surface area contributed by atoms with E-state index in [-0.39, 0.29) is 6.04 Å². The number of hydrogen-bond acceptors (Lipinski definition) is 6. The lowest BCUT2D eigenvalue weighted by Gasteiger charge is -2.34. The molecule has 4 aromatic heterocycles. The van der Waals surface area contributed by atoms with E-state index < -0.39 is 6.10 Å². The molecule has 0 saturated heterocycles. The van der Waals surface area contributed by atoms with Crippen molar-refractivity contribution in [3.05, 3.63) is 71.3 Å². The summed E-state index contributed by atoms with van der Waals surface area (Å²) in [4.78, 5) is 19.3. The molecule has 30 heavy (non-hydrogen) atoms. The summed E-state index contributed by atoms with van der Waals surface area (Å²) in [5.41, 5.74) is 6.06. The number of aromatic nitrogens is 6. The fourth-order valence-electron chi connectivity index (χ4n) is 4.42. The van der Waals surface area contributed by atoms with Crippen LogP contribution in [0.4, 0.5) is 5.95 Å². The third-order valence-corrected chi connectivity index (χ3v) is 6.26. The topological polar surface area (TPSA) is 95.2 Å². The van der Waals surface area contributed by atoms with Crippen LogP contribution in [0.3, 0.4) is 0 Å². The fourth-order valence-corrected chi connectivity index (χ4v) is 4.42. The van der Waals surface area contributed by atoms with Gasteiger partial charge in [-0.1, -0.05) is 6.07 Å². The maximum absolute atomic E-state index is 10.4. The number of hydrogen-bond donors (Lipinski definition) is 2. The second-order valence-corrected chi connectivity index (χ2v) is 8.30. The predicted octanol–water partition coefficient (Wildman–Crippen LogP) is 2.75. The van der Waals surface area contributed by atoms with Crippen LogP contribution in [-0.2, 0) is 6.42 Å². The van der Waals surface area contributed by atoms with Crippen LogP contribution in [0.5, 0.6) is 0 Å². The zero-order chi connectivity index (χ0) is 20.2. The first kappa shape index (κ1) is 17.6. The van der Waals surface area contributed by atoms with Crippen molar-refractivity contribution in [2.24, 2.45) is 5.92 Å². The number of rotatable bonds is 4. The first-order valence-corrected chi connectivity index (χ1v) is 10.4. The summed E-state index contributed by atoms with van der Waals surface area (Å²) in [6, 6.07) is 6.05. The lowest BCUT2D eigenvalue weighted by molar-refractivity contribution is 0.153. The number of aryl methyl sites for hydroxylation is 1. The summed E-state index contributed by atoms with van der Waals surface area (Å²) in [6.07, 6.45) is 9.77. The Bertz CT molecular complexity index is 1210. The van der Waals surface area contributed by atoms with Crippen molar-refractivity contribution in [3.8, 4) is 0 Å². The number of H-pyrrole nitrogens is 1. The smallest absolute Gasteiger partial charge is 0.226 e. The quantitative estimate of drug-likeness (QED) is 0.546. The zero-order valence-corrected chi connectivity index (χ0v) is 16.7. The molecule has 0 bridgehead atoms. The van der Waals surface area contributed by atoms with Crippen LogP contribution in [0.25, 0.3) is 5.52 Å². The van der Waals surface area contributed by atoms with Crippen LogP contribution in [-0.4, -0.2) is 41.2 Å². The van der Waals surface area contributed by atoms with Crippen LogP contribution in [0.2, 0.25) is 0 Å². The van der Waals surface area contributed by atoms with Crippen LogP contribution in [0, 0.1) is 12.8 Å². The second-order valence-electron chi connectivity index (χ2n) is 8.30. The van der Waals surface area contributed by atoms with Gasteiger partial charge in [-0.3, -0.25) is 0 Å². The second kappa shape index (κ2) is 6.63. The molecular formula is C22H23N7O. The van der Waals surface area contributed by atoms with Crippen LogP contribution >= 0.6 is 0 Å². The van der Waals surface area contributed by atoms with Crippen LogP contribution < -0.4 is 4.90 Å². The molecule has 4 aromatic rings. The zero-order valence-electron chi connectivity index (χ0n) is 16.7. The van der Waals surface area contributed by atoms with Crippen LogP contribution in [0.15, 0.2) is 43.1 Å². The Morgan fingerprint density at radius 1 is 1.20 bits per heavy atom. The average Bonchev–Trinajstić information content (AvgIpc) is 3.34. The highest BCUT2D eigenvalue weighted by Gasteiger charge is 2.35. The Labute approximate surface area is 173 Å². The van der Waals surface area contributed by atoms with E-state index in [2.05, 4.69) is 43.9 Å². The Balaban J connectivity index is 1.42. The van der Waals surface area contributed by atoms with E-state index >= 15 is 0 Å². The molecular weight excluding hydrogens is 378 g/mol. The van der Waals surface area contributed by atoms with Gasteiger partial charge < -0.3 is 15.0 Å². The Kier molecular flexibility index (Phi) is 3.89. The monoisotopic (exact) mass is 401 g/mol. The van der Waals surface area contributed by atoms with E-state index in [0.29, 0.717) is 11.9 Å². The molecule has 0 radical (unpaired) electrons. The molecule has 1 aliphatic heterocycles. The molecule has 1 fully saturated rings. The van der Waals surface area contributed by atoms with Gasteiger partial charge in [0.25, 0.3) is 0 Å². The van der Waals surface area contributed by atoms with Gasteiger partial charge in [-0.2, -0.15) is 5.10 Å². The summed E-state index contributed by atoms with van der Waals surface area (Å²) in [7, 11) is 0. The molecule has 2 N–H and O–H groups in total. The van der Waals surface area contributed by atoms with Gasteiger partial charge in [0.2, 0.25) is 5.95 Å². The predicted molar refractivity (Wildman–Crippen MR) is 111 cm³/mol. The maximum atomic E-state index is 10.4. The highest BCUT2D eigenvalue weighted by atomic mass is 16.3. The highest BCUT2D eigenvalue weighted by molar-refractivity contribution is 5.57. The molecule has 2 aliphatic rings. The normalized spacial score (nSPS) is 19.8. The van der Waals surface area contributed by atoms with Gasteiger partial charge in [0.05, 0.1) is 29.3 Å². The number of aliphatic hydroxyl groups is 1. The van der Waals surface area contributed by atoms with Crippen molar-refractivity contribution >= 4 is 11.5 Å². The minimum Gasteiger partial charge on any atom is -0.388 e. The van der Waals surface area contributed by atoms with Gasteiger partial charge in [0.1, 0.15) is 6.04 Å². The molecule has 1 saturated carbocycles. The Morgan fingerprint density at radius 2 is 2.03 bits per heavy atom. The van der Waals surface area contributed by atoms with Gasteiger partial charge >= 0.3 is 0 Å². The fraction of sp³-hybridized carbons (Fsp3) is 0.364. The summed E-state index contributed by atoms with van der Waals surface area (Å²) < 4.78 is 1.92. The number of pyridine rings is 1. The SMILES string of the molecule is Cc1cccn2nc([C@@H]3c4nc[nH]c4CCN3c3ncc(C(O)C4CC4)cn3)cc12. The molecule has 152 valence electrons. The van der Waals surface area contributed by atoms with Crippen molar-refractivity contribution in [3.63, 3.8) is 0 Å². The number of fused-ring (bicyclic) bond motifs is 2. The minimum absolute atomic E-state index is 0.168. The average molecular weight is 401 g/mol. The first-order valence-electron chi connectivity index (χ1n) is 10.4. The molecule has 1 unspecified atom stereocenters. The molecule has 6 rings (SSSR count). The summed E-state index contributed by atoms with van der Waals surface area (Å²) in [5.74, 6) is 0.990. The first-order chi connectivity index (χ1) is 14.7. The maximum Gasteiger partial charge on any atom is 0.226 e. The largest absolute Gasteiger partial charge is 0.388 e. The summed E-state index contributed by atoms with van der Waals surface area (Å²) >= 11 is 0. The van der Waals surface area contributed by atoms with Crippen molar-refractivity contribution in [1.29, 1.82) is 0 Å². The van der Waals surface area contributed by atoms with Crippen molar-refractivity contribution < 1.29 is 5.11 Å². The molecule has 8 nitrogen and oxygen atoms in total. The lowest BCUT2D eigenvalue weighted by Crippen LogP contribution is -2.37. The van der Waals surface area contributed by atoms with E-state index in [4.69, 9.17) is 5.10 Å². The van der Waals surface area contributed by atoms with E-state index in [1.54, 1.807) is 18.7 Å². The number of nitrogens with one attached hydrogen (secondary N) is 1. The molecule has 5 heterocycles. The molecule has 0 spiro atoms. The van der Waals surface area contributed by atoms with E-state index in [1.807, 2.05) is 16.8 Å². The Morgan fingerprint density at radius 3 is 2.80 bits per heavy atom. The van der Waals surface area contributed by atoms with Crippen molar-refractivity contribution in [1.82, 2.24) is 29.5 Å². The number of nitrogens with zero attached hydrogens (tertiary/aromatic N) is 6. The van der Waals surface area contributed by atoms with Crippen LogP contribution in [0.1, 0.15) is 53.2 Å². The lowest BCUT2D eigenvalue weighted by atomic mass is 10.00. The third kappa shape index (κ3) is 2.79. The van der Waals surface area contributed by atoms with Crippen molar-refractivity contribution in [2.45, 2.75) is 38.3 Å². The molecule has 2 atom stereocenters. The molecule has 1 aliphatic carbocycles. The van der Waals surface area contributed by atoms with E-state index in [1.165, 1.54) is 5.56 Å². The Hall–Kier alpha value is -3.26.